The maximum atomic E-state index is 5.86. The predicted molar refractivity (Wildman–Crippen MR) is 86.0 cm³/mol. The molecular formula is C16H22ClN3. The molecule has 0 amide bonds. The summed E-state index contributed by atoms with van der Waals surface area (Å²) in [6.07, 6.45) is 3.05. The Balaban J connectivity index is 0.00000147. The first-order chi connectivity index (χ1) is 9.18. The summed E-state index contributed by atoms with van der Waals surface area (Å²) >= 11 is 0. The Morgan fingerprint density at radius 2 is 2.20 bits per heavy atom. The average Bonchev–Trinajstić information content (AvgIpc) is 2.81. The lowest BCUT2D eigenvalue weighted by molar-refractivity contribution is 0.274. The molecule has 0 bridgehead atoms. The van der Waals surface area contributed by atoms with Crippen molar-refractivity contribution in [1.82, 2.24) is 9.88 Å². The molecule has 108 valence electrons. The quantitative estimate of drug-likeness (QED) is 0.945. The number of nitrogens with zero attached hydrogens (tertiary/aromatic N) is 2. The minimum atomic E-state index is 0. The van der Waals surface area contributed by atoms with Crippen LogP contribution in [0.1, 0.15) is 18.9 Å². The van der Waals surface area contributed by atoms with E-state index >= 15 is 0 Å². The Labute approximate surface area is 126 Å². The highest BCUT2D eigenvalue weighted by atomic mass is 35.5. The Morgan fingerprint density at radius 1 is 1.35 bits per heavy atom. The molecule has 20 heavy (non-hydrogen) atoms. The van der Waals surface area contributed by atoms with E-state index in [1.807, 2.05) is 12.3 Å². The summed E-state index contributed by atoms with van der Waals surface area (Å²) in [5.74, 6) is 0. The molecule has 1 unspecified atom stereocenters. The Morgan fingerprint density at radius 3 is 2.95 bits per heavy atom. The maximum Gasteiger partial charge on any atom is 0.0702 e. The van der Waals surface area contributed by atoms with Crippen LogP contribution in [-0.4, -0.2) is 29.5 Å². The van der Waals surface area contributed by atoms with Crippen molar-refractivity contribution >= 4 is 23.3 Å². The van der Waals surface area contributed by atoms with Crippen LogP contribution < -0.4 is 5.73 Å². The van der Waals surface area contributed by atoms with Crippen LogP contribution in [0.25, 0.3) is 10.9 Å². The van der Waals surface area contributed by atoms with Crippen molar-refractivity contribution in [2.75, 3.05) is 19.6 Å². The van der Waals surface area contributed by atoms with E-state index in [0.717, 1.165) is 31.7 Å². The van der Waals surface area contributed by atoms with Crippen molar-refractivity contribution in [3.8, 4) is 0 Å². The highest BCUT2D eigenvalue weighted by Gasteiger charge is 2.32. The van der Waals surface area contributed by atoms with Gasteiger partial charge in [0.1, 0.15) is 0 Å². The highest BCUT2D eigenvalue weighted by Crippen LogP contribution is 2.29. The first-order valence-electron chi connectivity index (χ1n) is 6.95. The van der Waals surface area contributed by atoms with Gasteiger partial charge in [0.25, 0.3) is 0 Å². The van der Waals surface area contributed by atoms with E-state index in [0.29, 0.717) is 5.41 Å². The number of fused-ring (bicyclic) bond motifs is 1. The fourth-order valence-corrected chi connectivity index (χ4v) is 2.91. The molecule has 2 heterocycles. The number of hydrogen-bond donors (Lipinski definition) is 1. The van der Waals surface area contributed by atoms with Crippen molar-refractivity contribution in [3.05, 3.63) is 42.1 Å². The molecular weight excluding hydrogens is 270 g/mol. The molecule has 1 saturated heterocycles. The topological polar surface area (TPSA) is 42.1 Å². The van der Waals surface area contributed by atoms with E-state index in [2.05, 4.69) is 41.1 Å². The van der Waals surface area contributed by atoms with Gasteiger partial charge in [-0.15, -0.1) is 12.4 Å². The second-order valence-corrected chi connectivity index (χ2v) is 6.01. The van der Waals surface area contributed by atoms with E-state index < -0.39 is 0 Å². The smallest absolute Gasteiger partial charge is 0.0702 e. The largest absolute Gasteiger partial charge is 0.330 e. The lowest BCUT2D eigenvalue weighted by atomic mass is 9.90. The molecule has 0 aliphatic carbocycles. The Kier molecular flexibility index (Phi) is 4.63. The Hall–Kier alpha value is -1.16. The summed E-state index contributed by atoms with van der Waals surface area (Å²) < 4.78 is 0. The lowest BCUT2D eigenvalue weighted by Crippen LogP contribution is -2.31. The van der Waals surface area contributed by atoms with Gasteiger partial charge in [-0.05, 0) is 48.7 Å². The van der Waals surface area contributed by atoms with Crippen LogP contribution in [0.4, 0.5) is 0 Å². The molecule has 3 rings (SSSR count). The zero-order valence-corrected chi connectivity index (χ0v) is 12.7. The molecule has 1 atom stereocenters. The van der Waals surface area contributed by atoms with Crippen LogP contribution in [-0.2, 0) is 6.54 Å². The number of rotatable bonds is 3. The van der Waals surface area contributed by atoms with E-state index in [9.17, 15) is 0 Å². The van der Waals surface area contributed by atoms with Gasteiger partial charge >= 0.3 is 0 Å². The van der Waals surface area contributed by atoms with Gasteiger partial charge < -0.3 is 5.73 Å². The van der Waals surface area contributed by atoms with Gasteiger partial charge in [-0.3, -0.25) is 9.88 Å². The van der Waals surface area contributed by atoms with Gasteiger partial charge in [0.05, 0.1) is 5.52 Å². The van der Waals surface area contributed by atoms with Gasteiger partial charge in [-0.2, -0.15) is 0 Å². The van der Waals surface area contributed by atoms with Gasteiger partial charge in [0.2, 0.25) is 0 Å². The van der Waals surface area contributed by atoms with Gasteiger partial charge in [-0.25, -0.2) is 0 Å². The van der Waals surface area contributed by atoms with Gasteiger partial charge in [0, 0.05) is 24.7 Å². The fourth-order valence-electron chi connectivity index (χ4n) is 2.91. The van der Waals surface area contributed by atoms with Crippen LogP contribution in [0.15, 0.2) is 36.5 Å². The SMILES string of the molecule is CC1(CN)CCN(Cc2ccc3ncccc3c2)C1.Cl. The minimum Gasteiger partial charge on any atom is -0.330 e. The number of hydrogen-bond acceptors (Lipinski definition) is 3. The molecule has 2 N–H and O–H groups in total. The van der Waals surface area contributed by atoms with Crippen LogP contribution >= 0.6 is 12.4 Å². The van der Waals surface area contributed by atoms with Crippen LogP contribution in [0.2, 0.25) is 0 Å². The van der Waals surface area contributed by atoms with Crippen molar-refractivity contribution in [2.45, 2.75) is 19.9 Å². The molecule has 0 saturated carbocycles. The fraction of sp³-hybridized carbons (Fsp3) is 0.438. The molecule has 1 fully saturated rings. The molecule has 4 heteroatoms. The zero-order chi connectivity index (χ0) is 13.3. The summed E-state index contributed by atoms with van der Waals surface area (Å²) in [6, 6.07) is 10.7. The van der Waals surface area contributed by atoms with E-state index in [1.54, 1.807) is 0 Å². The van der Waals surface area contributed by atoms with Gasteiger partial charge in [-0.1, -0.05) is 19.1 Å². The molecule has 1 aliphatic rings. The summed E-state index contributed by atoms with van der Waals surface area (Å²) in [5, 5.41) is 1.22. The monoisotopic (exact) mass is 291 g/mol. The summed E-state index contributed by atoms with van der Waals surface area (Å²) in [6.45, 7) is 6.34. The van der Waals surface area contributed by atoms with Crippen molar-refractivity contribution < 1.29 is 0 Å². The summed E-state index contributed by atoms with van der Waals surface area (Å²) in [5.41, 5.74) is 8.60. The second kappa shape index (κ2) is 6.08. The number of benzene rings is 1. The number of halogens is 1. The summed E-state index contributed by atoms with van der Waals surface area (Å²) in [4.78, 5) is 6.86. The second-order valence-electron chi connectivity index (χ2n) is 6.01. The van der Waals surface area contributed by atoms with Crippen molar-refractivity contribution in [1.29, 1.82) is 0 Å². The van der Waals surface area contributed by atoms with Crippen LogP contribution in [0.3, 0.4) is 0 Å². The van der Waals surface area contributed by atoms with Gasteiger partial charge in [0.15, 0.2) is 0 Å². The molecule has 1 aromatic carbocycles. The third-order valence-electron chi connectivity index (χ3n) is 4.20. The highest BCUT2D eigenvalue weighted by molar-refractivity contribution is 5.85. The maximum absolute atomic E-state index is 5.86. The molecule has 1 aromatic heterocycles. The normalized spacial score (nSPS) is 22.9. The average molecular weight is 292 g/mol. The third-order valence-corrected chi connectivity index (χ3v) is 4.20. The third kappa shape index (κ3) is 3.11. The minimum absolute atomic E-state index is 0. The molecule has 3 nitrogen and oxygen atoms in total. The van der Waals surface area contributed by atoms with E-state index in [-0.39, 0.29) is 12.4 Å². The molecule has 0 radical (unpaired) electrons. The van der Waals surface area contributed by atoms with Crippen molar-refractivity contribution in [3.63, 3.8) is 0 Å². The van der Waals surface area contributed by atoms with Crippen LogP contribution in [0.5, 0.6) is 0 Å². The van der Waals surface area contributed by atoms with E-state index in [1.165, 1.54) is 17.4 Å². The first-order valence-corrected chi connectivity index (χ1v) is 6.95. The molecule has 2 aromatic rings. The number of nitrogens with two attached hydrogens (primary N) is 1. The Bertz CT molecular complexity index is 587. The molecule has 0 spiro atoms. The number of likely N-dealkylation sites (tertiary alicyclic amines) is 1. The zero-order valence-electron chi connectivity index (χ0n) is 11.9. The first kappa shape index (κ1) is 15.2. The predicted octanol–water partition coefficient (Wildman–Crippen LogP) is 2.83. The molecule has 1 aliphatic heterocycles. The summed E-state index contributed by atoms with van der Waals surface area (Å²) in [7, 11) is 0. The van der Waals surface area contributed by atoms with Crippen LogP contribution in [0, 0.1) is 5.41 Å². The van der Waals surface area contributed by atoms with Crippen molar-refractivity contribution in [2.24, 2.45) is 11.1 Å². The lowest BCUT2D eigenvalue weighted by Gasteiger charge is -2.22. The number of pyridine rings is 1. The van der Waals surface area contributed by atoms with E-state index in [4.69, 9.17) is 5.73 Å². The standard InChI is InChI=1S/C16H21N3.ClH/c1-16(11-17)6-8-19(12-16)10-13-4-5-15-14(9-13)3-2-7-18-15;/h2-5,7,9H,6,8,10-12,17H2,1H3;1H. The number of aromatic nitrogens is 1.